The zero-order chi connectivity index (χ0) is 14.3. The lowest BCUT2D eigenvalue weighted by Gasteiger charge is -2.19. The van der Waals surface area contributed by atoms with Gasteiger partial charge in [0.05, 0.1) is 31.4 Å². The number of allylic oxidation sites excluding steroid dienone is 2. The molecular weight excluding hydrogens is 330 g/mol. The lowest BCUT2D eigenvalue weighted by molar-refractivity contribution is 0.104. The van der Waals surface area contributed by atoms with Gasteiger partial charge in [-0.15, -0.1) is 0 Å². The molecule has 0 aromatic heterocycles. The number of benzene rings is 1. The van der Waals surface area contributed by atoms with Crippen LogP contribution in [0.4, 0.5) is 0 Å². The number of nitrogens with zero attached hydrogens (tertiary/aromatic N) is 2. The summed E-state index contributed by atoms with van der Waals surface area (Å²) in [5.41, 5.74) is 1.14. The molecular formula is C12H8Cl4N2O. The summed E-state index contributed by atoms with van der Waals surface area (Å²) in [5, 5.41) is 6.28. The van der Waals surface area contributed by atoms with E-state index in [0.717, 1.165) is 0 Å². The molecule has 0 atom stereocenters. The Kier molecular flexibility index (Phi) is 4.11. The van der Waals surface area contributed by atoms with Gasteiger partial charge in [-0.05, 0) is 12.2 Å². The van der Waals surface area contributed by atoms with Gasteiger partial charge in [-0.3, -0.25) is 4.79 Å². The normalized spacial score (nSPS) is 15.9. The van der Waals surface area contributed by atoms with Crippen LogP contribution in [0.15, 0.2) is 17.3 Å². The number of ketones is 1. The topological polar surface area (TPSA) is 32.7 Å². The van der Waals surface area contributed by atoms with E-state index in [1.165, 1.54) is 6.08 Å². The Hall–Kier alpha value is -0.740. The van der Waals surface area contributed by atoms with E-state index in [-0.39, 0.29) is 31.4 Å². The maximum absolute atomic E-state index is 12.0. The number of carbonyl (C=O) groups excluding carboxylic acids is 1. The van der Waals surface area contributed by atoms with Gasteiger partial charge in [-0.2, -0.15) is 5.10 Å². The average molecular weight is 338 g/mol. The lowest BCUT2D eigenvalue weighted by Crippen LogP contribution is -2.17. The van der Waals surface area contributed by atoms with Crippen LogP contribution in [-0.4, -0.2) is 30.6 Å². The van der Waals surface area contributed by atoms with E-state index in [2.05, 4.69) is 5.10 Å². The van der Waals surface area contributed by atoms with Gasteiger partial charge >= 0.3 is 0 Å². The van der Waals surface area contributed by atoms with Crippen LogP contribution in [0.1, 0.15) is 15.9 Å². The SMILES string of the molecule is CN(C)N=C1C=CC(=O)c2c(Cl)c(Cl)c(Cl)c(Cl)c21. The fourth-order valence-electron chi connectivity index (χ4n) is 1.72. The van der Waals surface area contributed by atoms with Crippen LogP contribution >= 0.6 is 46.4 Å². The van der Waals surface area contributed by atoms with Gasteiger partial charge in [0, 0.05) is 19.7 Å². The third-order valence-corrected chi connectivity index (χ3v) is 4.27. The van der Waals surface area contributed by atoms with E-state index in [4.69, 9.17) is 46.4 Å². The molecule has 19 heavy (non-hydrogen) atoms. The van der Waals surface area contributed by atoms with Crippen LogP contribution in [0.3, 0.4) is 0 Å². The van der Waals surface area contributed by atoms with Crippen molar-refractivity contribution in [1.82, 2.24) is 5.01 Å². The summed E-state index contributed by atoms with van der Waals surface area (Å²) < 4.78 is 0. The van der Waals surface area contributed by atoms with Gasteiger partial charge in [0.25, 0.3) is 0 Å². The van der Waals surface area contributed by atoms with Crippen LogP contribution in [0, 0.1) is 0 Å². The van der Waals surface area contributed by atoms with Crippen molar-refractivity contribution in [2.45, 2.75) is 0 Å². The molecule has 0 spiro atoms. The Bertz CT molecular complexity index is 635. The standard InChI is InChI=1S/C12H8Cl4N2O/c1-18(2)17-5-3-4-6(19)8-7(5)9(13)11(15)12(16)10(8)14/h3-4H,1-2H3. The van der Waals surface area contributed by atoms with Gasteiger partial charge in [-0.25, -0.2) is 0 Å². The fourth-order valence-corrected chi connectivity index (χ4v) is 2.77. The van der Waals surface area contributed by atoms with Crippen molar-refractivity contribution in [3.63, 3.8) is 0 Å². The van der Waals surface area contributed by atoms with E-state index >= 15 is 0 Å². The Balaban J connectivity index is 2.85. The zero-order valence-electron chi connectivity index (χ0n) is 9.97. The van der Waals surface area contributed by atoms with E-state index in [1.807, 2.05) is 0 Å². The minimum absolute atomic E-state index is 0.0694. The van der Waals surface area contributed by atoms with Crippen LogP contribution in [0.25, 0.3) is 0 Å². The van der Waals surface area contributed by atoms with Crippen molar-refractivity contribution < 1.29 is 4.79 Å². The molecule has 0 radical (unpaired) electrons. The maximum Gasteiger partial charge on any atom is 0.188 e. The largest absolute Gasteiger partial charge is 0.303 e. The summed E-state index contributed by atoms with van der Waals surface area (Å²) in [4.78, 5) is 12.0. The van der Waals surface area contributed by atoms with E-state index < -0.39 is 0 Å². The predicted octanol–water partition coefficient (Wildman–Crippen LogP) is 4.32. The molecule has 0 heterocycles. The Labute approximate surface area is 130 Å². The highest BCUT2D eigenvalue weighted by Crippen LogP contribution is 2.43. The van der Waals surface area contributed by atoms with Crippen LogP contribution in [0.5, 0.6) is 0 Å². The summed E-state index contributed by atoms with van der Waals surface area (Å²) in [6.45, 7) is 0. The number of rotatable bonds is 1. The quantitative estimate of drug-likeness (QED) is 0.434. The Morgan fingerprint density at radius 3 is 1.95 bits per heavy atom. The predicted molar refractivity (Wildman–Crippen MR) is 80.2 cm³/mol. The molecule has 0 saturated heterocycles. The van der Waals surface area contributed by atoms with Crippen molar-refractivity contribution in [1.29, 1.82) is 0 Å². The monoisotopic (exact) mass is 336 g/mol. The first-order valence-corrected chi connectivity index (χ1v) is 6.70. The molecule has 0 amide bonds. The number of hydrogen-bond acceptors (Lipinski definition) is 3. The van der Waals surface area contributed by atoms with Crippen LogP contribution < -0.4 is 0 Å². The second-order valence-electron chi connectivity index (χ2n) is 4.04. The lowest BCUT2D eigenvalue weighted by atomic mass is 9.94. The van der Waals surface area contributed by atoms with E-state index in [1.54, 1.807) is 25.2 Å². The summed E-state index contributed by atoms with van der Waals surface area (Å²) in [6.07, 6.45) is 2.94. The molecule has 0 unspecified atom stereocenters. The number of fused-ring (bicyclic) bond motifs is 1. The summed E-state index contributed by atoms with van der Waals surface area (Å²) >= 11 is 24.2. The maximum atomic E-state index is 12.0. The van der Waals surface area contributed by atoms with Gasteiger partial charge < -0.3 is 5.01 Å². The third-order valence-electron chi connectivity index (χ3n) is 2.47. The molecule has 3 nitrogen and oxygen atoms in total. The Morgan fingerprint density at radius 2 is 1.42 bits per heavy atom. The van der Waals surface area contributed by atoms with E-state index in [0.29, 0.717) is 11.3 Å². The molecule has 0 N–H and O–H groups in total. The molecule has 100 valence electrons. The molecule has 0 aliphatic heterocycles. The fraction of sp³-hybridized carbons (Fsp3) is 0.167. The first-order valence-electron chi connectivity index (χ1n) is 5.19. The minimum Gasteiger partial charge on any atom is -0.303 e. The zero-order valence-corrected chi connectivity index (χ0v) is 13.0. The Morgan fingerprint density at radius 1 is 0.895 bits per heavy atom. The highest BCUT2D eigenvalue weighted by atomic mass is 35.5. The van der Waals surface area contributed by atoms with Crippen molar-refractivity contribution in [2.24, 2.45) is 5.10 Å². The van der Waals surface area contributed by atoms with Gasteiger partial charge in [0.1, 0.15) is 0 Å². The van der Waals surface area contributed by atoms with Crippen molar-refractivity contribution in [3.05, 3.63) is 43.4 Å². The smallest absolute Gasteiger partial charge is 0.188 e. The second kappa shape index (κ2) is 5.33. The second-order valence-corrected chi connectivity index (χ2v) is 5.55. The molecule has 1 aliphatic rings. The number of halogens is 4. The molecule has 7 heteroatoms. The molecule has 0 saturated carbocycles. The molecule has 0 fully saturated rings. The van der Waals surface area contributed by atoms with E-state index in [9.17, 15) is 4.79 Å². The molecule has 1 aromatic rings. The van der Waals surface area contributed by atoms with Crippen LogP contribution in [0.2, 0.25) is 20.1 Å². The number of hydrazone groups is 1. The van der Waals surface area contributed by atoms with Gasteiger partial charge in [0.15, 0.2) is 5.78 Å². The summed E-state index contributed by atoms with van der Waals surface area (Å²) in [5.74, 6) is -0.279. The molecule has 0 bridgehead atoms. The highest BCUT2D eigenvalue weighted by Gasteiger charge is 2.28. The number of carbonyl (C=O) groups is 1. The summed E-state index contributed by atoms with van der Waals surface area (Å²) in [7, 11) is 3.51. The van der Waals surface area contributed by atoms with Gasteiger partial charge in [0.2, 0.25) is 0 Å². The van der Waals surface area contributed by atoms with Crippen LogP contribution in [-0.2, 0) is 0 Å². The highest BCUT2D eigenvalue weighted by molar-refractivity contribution is 6.55. The third kappa shape index (κ3) is 2.48. The average Bonchev–Trinajstić information content (AvgIpc) is 2.35. The molecule has 1 aromatic carbocycles. The van der Waals surface area contributed by atoms with Gasteiger partial charge in [-0.1, -0.05) is 46.4 Å². The van der Waals surface area contributed by atoms with Crippen molar-refractivity contribution >= 4 is 57.9 Å². The molecule has 2 rings (SSSR count). The minimum atomic E-state index is -0.279. The first kappa shape index (κ1) is 14.7. The van der Waals surface area contributed by atoms with Crippen molar-refractivity contribution in [3.8, 4) is 0 Å². The number of hydrogen-bond donors (Lipinski definition) is 0. The first-order chi connectivity index (χ1) is 8.84. The molecule has 1 aliphatic carbocycles. The van der Waals surface area contributed by atoms with Crippen molar-refractivity contribution in [2.75, 3.05) is 14.1 Å². The summed E-state index contributed by atoms with van der Waals surface area (Å²) in [6, 6.07) is 0.